The summed E-state index contributed by atoms with van der Waals surface area (Å²) < 4.78 is 1.67. The first-order valence-electron chi connectivity index (χ1n) is 8.39. The third-order valence-corrected chi connectivity index (χ3v) is 6.07. The molecule has 4 heteroatoms. The lowest BCUT2D eigenvalue weighted by Crippen LogP contribution is -2.47. The summed E-state index contributed by atoms with van der Waals surface area (Å²) in [6.45, 7) is 0.819. The first kappa shape index (κ1) is 13.4. The van der Waals surface area contributed by atoms with Crippen LogP contribution >= 0.6 is 0 Å². The van der Waals surface area contributed by atoms with Crippen LogP contribution in [-0.2, 0) is 7.05 Å². The Labute approximate surface area is 126 Å². The second-order valence-electron chi connectivity index (χ2n) is 7.83. The van der Waals surface area contributed by atoms with E-state index in [9.17, 15) is 4.79 Å². The maximum Gasteiger partial charge on any atom is 0.254 e. The van der Waals surface area contributed by atoms with Gasteiger partial charge in [0, 0.05) is 19.8 Å². The lowest BCUT2D eigenvalue weighted by molar-refractivity contribution is -0.0564. The lowest BCUT2D eigenvalue weighted by Gasteiger charge is -2.57. The molecule has 0 saturated heterocycles. The summed E-state index contributed by atoms with van der Waals surface area (Å²) in [4.78, 5) is 12.1. The molecular formula is C17H25N3O. The second kappa shape index (κ2) is 4.85. The molecule has 0 radical (unpaired) electrons. The van der Waals surface area contributed by atoms with E-state index in [1.165, 1.54) is 44.9 Å². The molecule has 4 aliphatic rings. The molecule has 114 valence electrons. The molecule has 1 aromatic heterocycles. The standard InChI is InChI=1S/C17H25N3O/c1-20-11-15(10-19-20)16(21)18-3-2-17-7-12-4-13(8-17)6-14(5-12)9-17/h10-14H,2-9H2,1H3,(H,18,21). The van der Waals surface area contributed by atoms with Crippen LogP contribution in [0.3, 0.4) is 0 Å². The molecule has 1 heterocycles. The average Bonchev–Trinajstić information content (AvgIpc) is 2.83. The van der Waals surface area contributed by atoms with Crippen LogP contribution in [-0.4, -0.2) is 22.2 Å². The SMILES string of the molecule is Cn1cc(C(=O)NCCC23CC4CC(CC(C4)C2)C3)cn1. The molecule has 1 amide bonds. The number of nitrogens with one attached hydrogen (secondary N) is 1. The zero-order valence-corrected chi connectivity index (χ0v) is 12.8. The largest absolute Gasteiger partial charge is 0.352 e. The number of carbonyl (C=O) groups excluding carboxylic acids is 1. The number of amides is 1. The molecule has 0 aromatic carbocycles. The zero-order chi connectivity index (χ0) is 14.4. The van der Waals surface area contributed by atoms with Gasteiger partial charge in [-0.15, -0.1) is 0 Å². The van der Waals surface area contributed by atoms with Gasteiger partial charge in [0.2, 0.25) is 0 Å². The topological polar surface area (TPSA) is 46.9 Å². The Balaban J connectivity index is 1.34. The number of carbonyl (C=O) groups is 1. The maximum absolute atomic E-state index is 12.1. The molecule has 5 rings (SSSR count). The number of hydrogen-bond acceptors (Lipinski definition) is 2. The second-order valence-corrected chi connectivity index (χ2v) is 7.83. The van der Waals surface area contributed by atoms with Crippen molar-refractivity contribution in [2.45, 2.75) is 44.9 Å². The fourth-order valence-corrected chi connectivity index (χ4v) is 5.68. The third kappa shape index (κ3) is 2.49. The summed E-state index contributed by atoms with van der Waals surface area (Å²) in [6.07, 6.45) is 13.3. The van der Waals surface area contributed by atoms with Crippen molar-refractivity contribution < 1.29 is 4.79 Å². The van der Waals surface area contributed by atoms with Gasteiger partial charge in [-0.1, -0.05) is 0 Å². The normalized spacial score (nSPS) is 36.9. The summed E-state index contributed by atoms with van der Waals surface area (Å²) in [5.74, 6) is 2.99. The smallest absolute Gasteiger partial charge is 0.254 e. The Hall–Kier alpha value is -1.32. The van der Waals surface area contributed by atoms with Crippen molar-refractivity contribution in [3.8, 4) is 0 Å². The molecule has 4 nitrogen and oxygen atoms in total. The minimum absolute atomic E-state index is 0.0211. The minimum atomic E-state index is 0.0211. The van der Waals surface area contributed by atoms with Crippen LogP contribution in [0.25, 0.3) is 0 Å². The van der Waals surface area contributed by atoms with E-state index in [0.29, 0.717) is 11.0 Å². The van der Waals surface area contributed by atoms with E-state index in [-0.39, 0.29) is 5.91 Å². The average molecular weight is 287 g/mol. The minimum Gasteiger partial charge on any atom is -0.352 e. The Bertz CT molecular complexity index is 513. The van der Waals surface area contributed by atoms with Crippen LogP contribution in [0.1, 0.15) is 55.3 Å². The molecule has 4 bridgehead atoms. The molecule has 4 aliphatic carbocycles. The van der Waals surface area contributed by atoms with Crippen LogP contribution in [0.4, 0.5) is 0 Å². The van der Waals surface area contributed by atoms with E-state index < -0.39 is 0 Å². The van der Waals surface area contributed by atoms with Crippen molar-refractivity contribution in [1.82, 2.24) is 15.1 Å². The zero-order valence-electron chi connectivity index (χ0n) is 12.8. The Kier molecular flexibility index (Phi) is 3.09. The van der Waals surface area contributed by atoms with Crippen molar-refractivity contribution in [2.75, 3.05) is 6.54 Å². The predicted molar refractivity (Wildman–Crippen MR) is 80.8 cm³/mol. The molecule has 1 aromatic rings. The quantitative estimate of drug-likeness (QED) is 0.925. The van der Waals surface area contributed by atoms with Crippen LogP contribution in [0.5, 0.6) is 0 Å². The monoisotopic (exact) mass is 287 g/mol. The van der Waals surface area contributed by atoms with E-state index in [4.69, 9.17) is 0 Å². The molecule has 1 N–H and O–H groups in total. The van der Waals surface area contributed by atoms with Gasteiger partial charge < -0.3 is 5.32 Å². The van der Waals surface area contributed by atoms with Gasteiger partial charge in [0.1, 0.15) is 0 Å². The molecule has 21 heavy (non-hydrogen) atoms. The van der Waals surface area contributed by atoms with Crippen molar-refractivity contribution in [3.05, 3.63) is 18.0 Å². The highest BCUT2D eigenvalue weighted by atomic mass is 16.1. The fraction of sp³-hybridized carbons (Fsp3) is 0.765. The highest BCUT2D eigenvalue weighted by molar-refractivity contribution is 5.93. The Morgan fingerprint density at radius 2 is 1.90 bits per heavy atom. The number of hydrogen-bond donors (Lipinski definition) is 1. The van der Waals surface area contributed by atoms with Crippen molar-refractivity contribution in [1.29, 1.82) is 0 Å². The summed E-state index contributed by atoms with van der Waals surface area (Å²) in [5.41, 5.74) is 1.22. The molecule has 4 saturated carbocycles. The number of aryl methyl sites for hydroxylation is 1. The fourth-order valence-electron chi connectivity index (χ4n) is 5.68. The molecule has 0 aliphatic heterocycles. The third-order valence-electron chi connectivity index (χ3n) is 6.07. The van der Waals surface area contributed by atoms with Crippen LogP contribution < -0.4 is 5.32 Å². The molecule has 0 atom stereocenters. The van der Waals surface area contributed by atoms with E-state index in [2.05, 4.69) is 10.4 Å². The number of rotatable bonds is 4. The lowest BCUT2D eigenvalue weighted by atomic mass is 9.49. The van der Waals surface area contributed by atoms with Gasteiger partial charge in [-0.2, -0.15) is 5.10 Å². The van der Waals surface area contributed by atoms with Gasteiger partial charge in [0.25, 0.3) is 5.91 Å². The number of nitrogens with zero attached hydrogens (tertiary/aromatic N) is 2. The summed E-state index contributed by atoms with van der Waals surface area (Å²) in [7, 11) is 1.84. The van der Waals surface area contributed by atoms with Gasteiger partial charge in [-0.25, -0.2) is 0 Å². The van der Waals surface area contributed by atoms with Gasteiger partial charge >= 0.3 is 0 Å². The summed E-state index contributed by atoms with van der Waals surface area (Å²) in [5, 5.41) is 7.15. The summed E-state index contributed by atoms with van der Waals surface area (Å²) in [6, 6.07) is 0. The molecular weight excluding hydrogens is 262 g/mol. The highest BCUT2D eigenvalue weighted by Gasteiger charge is 2.50. The van der Waals surface area contributed by atoms with Crippen molar-refractivity contribution in [3.63, 3.8) is 0 Å². The van der Waals surface area contributed by atoms with Crippen LogP contribution in [0, 0.1) is 23.2 Å². The first-order chi connectivity index (χ1) is 10.1. The van der Waals surface area contributed by atoms with E-state index >= 15 is 0 Å². The predicted octanol–water partition coefficient (Wildman–Crippen LogP) is 2.76. The first-order valence-corrected chi connectivity index (χ1v) is 8.39. The van der Waals surface area contributed by atoms with Crippen molar-refractivity contribution >= 4 is 5.91 Å². The Morgan fingerprint density at radius 3 is 2.43 bits per heavy atom. The molecule has 0 unspecified atom stereocenters. The summed E-state index contributed by atoms with van der Waals surface area (Å²) >= 11 is 0. The van der Waals surface area contributed by atoms with E-state index in [1.54, 1.807) is 17.1 Å². The van der Waals surface area contributed by atoms with Gasteiger partial charge in [-0.3, -0.25) is 9.48 Å². The highest BCUT2D eigenvalue weighted by Crippen LogP contribution is 2.61. The number of aromatic nitrogens is 2. The van der Waals surface area contributed by atoms with E-state index in [0.717, 1.165) is 24.3 Å². The van der Waals surface area contributed by atoms with Crippen LogP contribution in [0.15, 0.2) is 12.4 Å². The van der Waals surface area contributed by atoms with Crippen molar-refractivity contribution in [2.24, 2.45) is 30.2 Å². The van der Waals surface area contributed by atoms with E-state index in [1.807, 2.05) is 7.05 Å². The maximum atomic E-state index is 12.1. The van der Waals surface area contributed by atoms with Gasteiger partial charge in [0.05, 0.1) is 11.8 Å². The van der Waals surface area contributed by atoms with Crippen LogP contribution in [0.2, 0.25) is 0 Å². The molecule has 0 spiro atoms. The molecule has 4 fully saturated rings. The van der Waals surface area contributed by atoms with Gasteiger partial charge in [0.15, 0.2) is 0 Å². The Morgan fingerprint density at radius 1 is 1.29 bits per heavy atom. The van der Waals surface area contributed by atoms with Gasteiger partial charge in [-0.05, 0) is 68.1 Å².